The first-order valence-electron chi connectivity index (χ1n) is 8.36. The molecular weight excluding hydrogens is 383 g/mol. The number of halogens is 2. The molecule has 3 aromatic rings. The van der Waals surface area contributed by atoms with Crippen LogP contribution in [0.3, 0.4) is 0 Å². The minimum Gasteiger partial charge on any atom is -0.489 e. The number of anilines is 2. The van der Waals surface area contributed by atoms with Gasteiger partial charge in [0.2, 0.25) is 5.91 Å². The third-order valence-electron chi connectivity index (χ3n) is 3.73. The van der Waals surface area contributed by atoms with Crippen LogP contribution in [-0.2, 0) is 11.4 Å². The summed E-state index contributed by atoms with van der Waals surface area (Å²) >= 11 is 12.0. The number of benzene rings is 3. The third-order valence-corrected chi connectivity index (χ3v) is 4.30. The molecule has 6 heteroatoms. The maximum atomic E-state index is 12.2. The lowest BCUT2D eigenvalue weighted by molar-refractivity contribution is -0.114. The van der Waals surface area contributed by atoms with Crippen molar-refractivity contribution in [3.05, 3.63) is 88.4 Å². The molecule has 0 unspecified atom stereocenters. The Morgan fingerprint density at radius 3 is 2.56 bits per heavy atom. The van der Waals surface area contributed by atoms with E-state index in [1.165, 1.54) is 0 Å². The fraction of sp³-hybridized carbons (Fsp3) is 0.0952. The largest absolute Gasteiger partial charge is 0.489 e. The van der Waals surface area contributed by atoms with Crippen molar-refractivity contribution in [2.45, 2.75) is 6.61 Å². The van der Waals surface area contributed by atoms with Crippen molar-refractivity contribution in [3.8, 4) is 5.75 Å². The summed E-state index contributed by atoms with van der Waals surface area (Å²) in [6.45, 7) is 0.530. The minimum absolute atomic E-state index is 0.0646. The summed E-state index contributed by atoms with van der Waals surface area (Å²) in [6, 6.07) is 22.2. The van der Waals surface area contributed by atoms with E-state index >= 15 is 0 Å². The molecule has 0 heterocycles. The second kappa shape index (κ2) is 9.31. The molecular formula is C21H18Cl2N2O2. The number of hydrogen-bond donors (Lipinski definition) is 2. The Morgan fingerprint density at radius 1 is 0.926 bits per heavy atom. The van der Waals surface area contributed by atoms with Crippen LogP contribution in [0.5, 0.6) is 5.75 Å². The Kier molecular flexibility index (Phi) is 6.58. The molecule has 2 N–H and O–H groups in total. The third kappa shape index (κ3) is 5.91. The molecule has 4 nitrogen and oxygen atoms in total. The fourth-order valence-electron chi connectivity index (χ4n) is 2.42. The fourth-order valence-corrected chi connectivity index (χ4v) is 2.77. The van der Waals surface area contributed by atoms with Crippen LogP contribution >= 0.6 is 23.2 Å². The first kappa shape index (κ1) is 19.1. The number of rotatable bonds is 7. The van der Waals surface area contributed by atoms with Crippen molar-refractivity contribution >= 4 is 40.5 Å². The molecule has 0 bridgehead atoms. The zero-order valence-electron chi connectivity index (χ0n) is 14.4. The average molecular weight is 401 g/mol. The molecule has 138 valence electrons. The van der Waals surface area contributed by atoms with Crippen molar-refractivity contribution in [2.24, 2.45) is 0 Å². The summed E-state index contributed by atoms with van der Waals surface area (Å²) in [5.41, 5.74) is 2.35. The second-order valence-corrected chi connectivity index (χ2v) is 6.67. The molecule has 0 atom stereocenters. The van der Waals surface area contributed by atoms with Crippen molar-refractivity contribution in [1.82, 2.24) is 0 Å². The topological polar surface area (TPSA) is 50.4 Å². The van der Waals surface area contributed by atoms with Gasteiger partial charge >= 0.3 is 0 Å². The van der Waals surface area contributed by atoms with Crippen LogP contribution < -0.4 is 15.4 Å². The van der Waals surface area contributed by atoms with E-state index in [1.807, 2.05) is 42.5 Å². The number of nitrogens with one attached hydrogen (secondary N) is 2. The van der Waals surface area contributed by atoms with Gasteiger partial charge in [-0.25, -0.2) is 0 Å². The van der Waals surface area contributed by atoms with E-state index in [0.717, 1.165) is 5.56 Å². The Labute approximate surface area is 168 Å². The summed E-state index contributed by atoms with van der Waals surface area (Å²) in [4.78, 5) is 12.2. The van der Waals surface area contributed by atoms with Crippen LogP contribution in [0.4, 0.5) is 11.4 Å². The first-order valence-corrected chi connectivity index (χ1v) is 9.11. The van der Waals surface area contributed by atoms with Crippen molar-refractivity contribution in [2.75, 3.05) is 17.2 Å². The Balaban J connectivity index is 1.54. The van der Waals surface area contributed by atoms with Crippen molar-refractivity contribution < 1.29 is 9.53 Å². The molecule has 1 amide bonds. The highest BCUT2D eigenvalue weighted by atomic mass is 35.5. The number of carbonyl (C=O) groups is 1. The molecule has 0 aliphatic heterocycles. The highest BCUT2D eigenvalue weighted by Crippen LogP contribution is 2.25. The lowest BCUT2D eigenvalue weighted by Crippen LogP contribution is -2.21. The van der Waals surface area contributed by atoms with Gasteiger partial charge in [0.15, 0.2) is 0 Å². The number of amides is 1. The predicted octanol–water partition coefficient (Wildman–Crippen LogP) is 5.62. The predicted molar refractivity (Wildman–Crippen MR) is 111 cm³/mol. The summed E-state index contributed by atoms with van der Waals surface area (Å²) in [5, 5.41) is 6.85. The zero-order valence-corrected chi connectivity index (χ0v) is 15.9. The van der Waals surface area contributed by atoms with Crippen LogP contribution in [0, 0.1) is 0 Å². The normalized spacial score (nSPS) is 10.3. The maximum absolute atomic E-state index is 12.2. The maximum Gasteiger partial charge on any atom is 0.243 e. The Morgan fingerprint density at radius 2 is 1.74 bits per heavy atom. The van der Waals surface area contributed by atoms with Gasteiger partial charge in [-0.15, -0.1) is 0 Å². The van der Waals surface area contributed by atoms with E-state index in [4.69, 9.17) is 27.9 Å². The lowest BCUT2D eigenvalue weighted by Gasteiger charge is -2.11. The summed E-state index contributed by atoms with van der Waals surface area (Å²) in [6.07, 6.45) is 0. The highest BCUT2D eigenvalue weighted by Gasteiger charge is 2.06. The zero-order chi connectivity index (χ0) is 19.1. The Bertz CT molecular complexity index is 917. The molecule has 0 saturated carbocycles. The number of carbonyl (C=O) groups excluding carboxylic acids is 1. The average Bonchev–Trinajstić information content (AvgIpc) is 2.68. The monoisotopic (exact) mass is 400 g/mol. The SMILES string of the molecule is O=C(CNc1cc(Cl)ccc1Cl)Nc1cccc(OCc2ccccc2)c1. The standard InChI is InChI=1S/C21H18Cl2N2O2/c22-16-9-10-19(23)20(11-16)24-13-21(26)25-17-7-4-8-18(12-17)27-14-15-5-2-1-3-6-15/h1-12,24H,13-14H2,(H,25,26). The van der Waals surface area contributed by atoms with Gasteiger partial charge < -0.3 is 15.4 Å². The van der Waals surface area contributed by atoms with E-state index in [9.17, 15) is 4.79 Å². The molecule has 0 aliphatic carbocycles. The molecule has 0 saturated heterocycles. The molecule has 3 aromatic carbocycles. The van der Waals surface area contributed by atoms with Gasteiger partial charge in [0, 0.05) is 16.8 Å². The smallest absolute Gasteiger partial charge is 0.243 e. The molecule has 27 heavy (non-hydrogen) atoms. The van der Waals surface area contributed by atoms with E-state index < -0.39 is 0 Å². The summed E-state index contributed by atoms with van der Waals surface area (Å²) in [7, 11) is 0. The highest BCUT2D eigenvalue weighted by molar-refractivity contribution is 6.35. The van der Waals surface area contributed by atoms with Crippen LogP contribution in [0.15, 0.2) is 72.8 Å². The van der Waals surface area contributed by atoms with Gasteiger partial charge in [0.25, 0.3) is 0 Å². The van der Waals surface area contributed by atoms with Gasteiger partial charge in [-0.2, -0.15) is 0 Å². The second-order valence-electron chi connectivity index (χ2n) is 5.83. The van der Waals surface area contributed by atoms with Gasteiger partial charge in [-0.05, 0) is 35.9 Å². The quantitative estimate of drug-likeness (QED) is 0.540. The molecule has 0 aromatic heterocycles. The first-order chi connectivity index (χ1) is 13.1. The molecule has 0 radical (unpaired) electrons. The van der Waals surface area contributed by atoms with E-state index in [0.29, 0.717) is 33.8 Å². The van der Waals surface area contributed by atoms with Crippen molar-refractivity contribution in [1.29, 1.82) is 0 Å². The molecule has 0 fully saturated rings. The minimum atomic E-state index is -0.203. The lowest BCUT2D eigenvalue weighted by atomic mass is 10.2. The summed E-state index contributed by atoms with van der Waals surface area (Å²) < 4.78 is 5.77. The van der Waals surface area contributed by atoms with Gasteiger partial charge in [-0.3, -0.25) is 4.79 Å². The number of hydrogen-bond acceptors (Lipinski definition) is 3. The summed E-state index contributed by atoms with van der Waals surface area (Å²) in [5.74, 6) is 0.480. The van der Waals surface area contributed by atoms with Crippen molar-refractivity contribution in [3.63, 3.8) is 0 Å². The van der Waals surface area contributed by atoms with Crippen LogP contribution in [0.25, 0.3) is 0 Å². The van der Waals surface area contributed by atoms with Gasteiger partial charge in [-0.1, -0.05) is 59.6 Å². The van der Waals surface area contributed by atoms with Gasteiger partial charge in [0.05, 0.1) is 17.3 Å². The van der Waals surface area contributed by atoms with Crippen LogP contribution in [0.1, 0.15) is 5.56 Å². The van der Waals surface area contributed by atoms with E-state index in [-0.39, 0.29) is 12.5 Å². The van der Waals surface area contributed by atoms with E-state index in [1.54, 1.807) is 30.3 Å². The molecule has 0 aliphatic rings. The number of ether oxygens (including phenoxy) is 1. The van der Waals surface area contributed by atoms with Crippen LogP contribution in [0.2, 0.25) is 10.0 Å². The van der Waals surface area contributed by atoms with E-state index in [2.05, 4.69) is 10.6 Å². The molecule has 0 spiro atoms. The Hall–Kier alpha value is -2.69. The van der Waals surface area contributed by atoms with Crippen LogP contribution in [-0.4, -0.2) is 12.5 Å². The van der Waals surface area contributed by atoms with Gasteiger partial charge in [0.1, 0.15) is 12.4 Å². The molecule has 3 rings (SSSR count).